The Morgan fingerprint density at radius 1 is 1.27 bits per heavy atom. The zero-order valence-electron chi connectivity index (χ0n) is 8.95. The summed E-state index contributed by atoms with van der Waals surface area (Å²) >= 11 is 0. The van der Waals surface area contributed by atoms with Crippen LogP contribution in [-0.4, -0.2) is 43.5 Å². The van der Waals surface area contributed by atoms with Crippen LogP contribution in [0.4, 0.5) is 4.79 Å². The number of nitrogens with zero attached hydrogens (tertiary/aromatic N) is 1. The summed E-state index contributed by atoms with van der Waals surface area (Å²) in [5.41, 5.74) is 0. The molecule has 84 valence electrons. The average molecular weight is 211 g/mol. The van der Waals surface area contributed by atoms with Gasteiger partial charge in [0.25, 0.3) is 0 Å². The van der Waals surface area contributed by atoms with Crippen LogP contribution < -0.4 is 10.6 Å². The SMILES string of the molecule is C=CCN(CC=C)CC(=O)NC(=O)NC. The summed E-state index contributed by atoms with van der Waals surface area (Å²) in [5.74, 6) is -0.349. The zero-order valence-corrected chi connectivity index (χ0v) is 8.95. The molecule has 0 atom stereocenters. The predicted molar refractivity (Wildman–Crippen MR) is 59.4 cm³/mol. The smallest absolute Gasteiger partial charge is 0.321 e. The maximum absolute atomic E-state index is 11.3. The molecule has 0 heterocycles. The number of nitrogens with one attached hydrogen (secondary N) is 2. The van der Waals surface area contributed by atoms with Crippen LogP contribution in [0.15, 0.2) is 25.3 Å². The normalized spacial score (nSPS) is 9.47. The minimum atomic E-state index is -0.503. The van der Waals surface area contributed by atoms with Gasteiger partial charge in [-0.15, -0.1) is 13.2 Å². The van der Waals surface area contributed by atoms with Gasteiger partial charge in [0.15, 0.2) is 0 Å². The molecule has 0 aromatic rings. The fourth-order valence-corrected chi connectivity index (χ4v) is 1.00. The van der Waals surface area contributed by atoms with Crippen LogP contribution in [0.3, 0.4) is 0 Å². The van der Waals surface area contributed by atoms with E-state index in [1.807, 2.05) is 0 Å². The van der Waals surface area contributed by atoms with Crippen molar-refractivity contribution >= 4 is 11.9 Å². The predicted octanol–water partition coefficient (Wildman–Crippen LogP) is 0.116. The summed E-state index contributed by atoms with van der Waals surface area (Å²) in [6.45, 7) is 8.46. The number of hydrogen-bond donors (Lipinski definition) is 2. The third-order valence-electron chi connectivity index (χ3n) is 1.62. The van der Waals surface area contributed by atoms with Crippen molar-refractivity contribution in [1.82, 2.24) is 15.5 Å². The van der Waals surface area contributed by atoms with Crippen molar-refractivity contribution in [2.75, 3.05) is 26.7 Å². The molecule has 0 saturated heterocycles. The van der Waals surface area contributed by atoms with Gasteiger partial charge in [0.2, 0.25) is 5.91 Å². The number of urea groups is 1. The molecule has 0 aromatic heterocycles. The molecule has 0 rings (SSSR count). The Morgan fingerprint density at radius 3 is 2.20 bits per heavy atom. The monoisotopic (exact) mass is 211 g/mol. The third kappa shape index (κ3) is 6.45. The molecular formula is C10H17N3O2. The van der Waals surface area contributed by atoms with E-state index in [0.29, 0.717) is 13.1 Å². The Morgan fingerprint density at radius 2 is 1.80 bits per heavy atom. The average Bonchev–Trinajstić information content (AvgIpc) is 2.18. The van der Waals surface area contributed by atoms with Gasteiger partial charge in [-0.1, -0.05) is 12.2 Å². The number of imide groups is 1. The van der Waals surface area contributed by atoms with Crippen LogP contribution in [0, 0.1) is 0 Å². The molecule has 0 unspecified atom stereocenters. The molecule has 5 nitrogen and oxygen atoms in total. The zero-order chi connectivity index (χ0) is 11.7. The summed E-state index contributed by atoms with van der Waals surface area (Å²) < 4.78 is 0. The van der Waals surface area contributed by atoms with E-state index in [4.69, 9.17) is 0 Å². The van der Waals surface area contributed by atoms with Gasteiger partial charge in [-0.3, -0.25) is 15.0 Å². The van der Waals surface area contributed by atoms with Gasteiger partial charge < -0.3 is 5.32 Å². The van der Waals surface area contributed by atoms with E-state index in [1.54, 1.807) is 17.1 Å². The molecule has 0 aliphatic rings. The van der Waals surface area contributed by atoms with Gasteiger partial charge >= 0.3 is 6.03 Å². The second kappa shape index (κ2) is 7.75. The first kappa shape index (κ1) is 13.4. The van der Waals surface area contributed by atoms with Crippen molar-refractivity contribution in [1.29, 1.82) is 0 Å². The number of carbonyl (C=O) groups excluding carboxylic acids is 2. The van der Waals surface area contributed by atoms with E-state index in [0.717, 1.165) is 0 Å². The molecule has 2 N–H and O–H groups in total. The minimum Gasteiger partial charge on any atom is -0.341 e. The Kier molecular flexibility index (Phi) is 6.92. The highest BCUT2D eigenvalue weighted by molar-refractivity contribution is 5.95. The largest absolute Gasteiger partial charge is 0.341 e. The highest BCUT2D eigenvalue weighted by Crippen LogP contribution is 1.88. The van der Waals surface area contributed by atoms with Crippen molar-refractivity contribution in [2.24, 2.45) is 0 Å². The first-order valence-corrected chi connectivity index (χ1v) is 4.59. The Labute approximate surface area is 89.8 Å². The van der Waals surface area contributed by atoms with Crippen molar-refractivity contribution in [2.45, 2.75) is 0 Å². The van der Waals surface area contributed by atoms with Gasteiger partial charge in [0, 0.05) is 20.1 Å². The van der Waals surface area contributed by atoms with Crippen LogP contribution >= 0.6 is 0 Å². The first-order chi connectivity index (χ1) is 7.13. The molecule has 0 aliphatic heterocycles. The van der Waals surface area contributed by atoms with Gasteiger partial charge in [-0.25, -0.2) is 4.79 Å². The van der Waals surface area contributed by atoms with E-state index in [1.165, 1.54) is 7.05 Å². The fourth-order valence-electron chi connectivity index (χ4n) is 1.00. The highest BCUT2D eigenvalue weighted by Gasteiger charge is 2.09. The van der Waals surface area contributed by atoms with Crippen LogP contribution in [0.5, 0.6) is 0 Å². The van der Waals surface area contributed by atoms with Crippen molar-refractivity contribution in [3.63, 3.8) is 0 Å². The summed E-state index contributed by atoms with van der Waals surface area (Å²) in [7, 11) is 1.45. The Balaban J connectivity index is 4.03. The maximum atomic E-state index is 11.3. The second-order valence-electron chi connectivity index (χ2n) is 2.90. The Hall–Kier alpha value is -1.62. The van der Waals surface area contributed by atoms with Gasteiger partial charge in [0.1, 0.15) is 0 Å². The summed E-state index contributed by atoms with van der Waals surface area (Å²) in [6.07, 6.45) is 3.38. The lowest BCUT2D eigenvalue weighted by atomic mass is 10.4. The molecule has 5 heteroatoms. The van der Waals surface area contributed by atoms with Crippen LogP contribution in [0.1, 0.15) is 0 Å². The molecule has 15 heavy (non-hydrogen) atoms. The lowest BCUT2D eigenvalue weighted by Crippen LogP contribution is -2.43. The van der Waals surface area contributed by atoms with Gasteiger partial charge in [0.05, 0.1) is 6.54 Å². The molecule has 0 aromatic carbocycles. The number of rotatable bonds is 6. The minimum absolute atomic E-state index is 0.144. The van der Waals surface area contributed by atoms with Crippen LogP contribution in [0.25, 0.3) is 0 Å². The first-order valence-electron chi connectivity index (χ1n) is 4.59. The van der Waals surface area contributed by atoms with E-state index in [9.17, 15) is 9.59 Å². The quantitative estimate of drug-likeness (QED) is 0.613. The van der Waals surface area contributed by atoms with E-state index >= 15 is 0 Å². The second-order valence-corrected chi connectivity index (χ2v) is 2.90. The fraction of sp³-hybridized carbons (Fsp3) is 0.400. The molecule has 3 amide bonds. The topological polar surface area (TPSA) is 61.4 Å². The molecule has 0 fully saturated rings. The highest BCUT2D eigenvalue weighted by atomic mass is 16.2. The van der Waals surface area contributed by atoms with Crippen LogP contribution in [-0.2, 0) is 4.79 Å². The number of hydrogen-bond acceptors (Lipinski definition) is 3. The van der Waals surface area contributed by atoms with E-state index in [-0.39, 0.29) is 12.5 Å². The molecule has 0 aliphatic carbocycles. The lowest BCUT2D eigenvalue weighted by Gasteiger charge is -2.17. The van der Waals surface area contributed by atoms with E-state index < -0.39 is 6.03 Å². The third-order valence-corrected chi connectivity index (χ3v) is 1.62. The van der Waals surface area contributed by atoms with Crippen LogP contribution in [0.2, 0.25) is 0 Å². The van der Waals surface area contributed by atoms with Gasteiger partial charge in [-0.2, -0.15) is 0 Å². The molecule has 0 spiro atoms. The number of amides is 3. The number of carbonyl (C=O) groups is 2. The van der Waals surface area contributed by atoms with Crippen molar-refractivity contribution in [3.8, 4) is 0 Å². The van der Waals surface area contributed by atoms with E-state index in [2.05, 4.69) is 23.8 Å². The van der Waals surface area contributed by atoms with Gasteiger partial charge in [-0.05, 0) is 0 Å². The molecule has 0 radical (unpaired) electrons. The van der Waals surface area contributed by atoms with Crippen molar-refractivity contribution < 1.29 is 9.59 Å². The Bertz CT molecular complexity index is 241. The maximum Gasteiger partial charge on any atom is 0.321 e. The lowest BCUT2D eigenvalue weighted by molar-refractivity contribution is -0.120. The molecular weight excluding hydrogens is 194 g/mol. The summed E-state index contributed by atoms with van der Waals surface area (Å²) in [4.78, 5) is 23.9. The standard InChI is InChI=1S/C10H17N3O2/c1-4-6-13(7-5-2)8-9(14)12-10(15)11-3/h4-5H,1-2,6-8H2,3H3,(H2,11,12,14,15). The molecule has 0 bridgehead atoms. The summed E-state index contributed by atoms with van der Waals surface area (Å²) in [5, 5.41) is 4.48. The molecule has 0 saturated carbocycles. The van der Waals surface area contributed by atoms with Crippen molar-refractivity contribution in [3.05, 3.63) is 25.3 Å². The summed E-state index contributed by atoms with van der Waals surface area (Å²) in [6, 6.07) is -0.503.